The molecule has 0 saturated carbocycles. The first-order valence-electron chi connectivity index (χ1n) is 3.82. The van der Waals surface area contributed by atoms with Gasteiger partial charge in [0.1, 0.15) is 4.99 Å². The summed E-state index contributed by atoms with van der Waals surface area (Å²) >= 11 is 5.09. The molecule has 1 rings (SSSR count). The minimum Gasteiger partial charge on any atom is -0.370 e. The highest BCUT2D eigenvalue weighted by atomic mass is 32.1. The van der Waals surface area contributed by atoms with E-state index in [2.05, 4.69) is 10.3 Å². The second-order valence-electron chi connectivity index (χ2n) is 2.43. The Labute approximate surface area is 82.7 Å². The van der Waals surface area contributed by atoms with E-state index in [9.17, 15) is 0 Å². The van der Waals surface area contributed by atoms with Crippen LogP contribution >= 0.6 is 12.2 Å². The molecule has 0 bridgehead atoms. The van der Waals surface area contributed by atoms with Gasteiger partial charge in [-0.15, -0.1) is 0 Å². The maximum absolute atomic E-state index is 5.46. The third kappa shape index (κ3) is 2.83. The highest BCUT2D eigenvalue weighted by molar-refractivity contribution is 7.80. The SMILES string of the molecule is CN=C(N)NC(=S)c1ccccc1. The molecule has 0 radical (unpaired) electrons. The third-order valence-corrected chi connectivity index (χ3v) is 1.86. The molecule has 0 amide bonds. The number of aliphatic imine (C=N–C) groups is 1. The number of rotatable bonds is 1. The van der Waals surface area contributed by atoms with E-state index in [1.807, 2.05) is 30.3 Å². The van der Waals surface area contributed by atoms with Crippen molar-refractivity contribution in [1.29, 1.82) is 0 Å². The molecule has 0 aliphatic heterocycles. The van der Waals surface area contributed by atoms with Crippen molar-refractivity contribution in [1.82, 2.24) is 5.32 Å². The van der Waals surface area contributed by atoms with Gasteiger partial charge in [-0.2, -0.15) is 0 Å². The third-order valence-electron chi connectivity index (χ3n) is 1.52. The molecule has 0 aromatic heterocycles. The van der Waals surface area contributed by atoms with Gasteiger partial charge < -0.3 is 11.1 Å². The number of nitrogens with two attached hydrogens (primary N) is 1. The Hall–Kier alpha value is -1.42. The highest BCUT2D eigenvalue weighted by Gasteiger charge is 1.99. The molecule has 13 heavy (non-hydrogen) atoms. The Bertz CT molecular complexity index is 319. The summed E-state index contributed by atoms with van der Waals surface area (Å²) in [4.78, 5) is 4.34. The van der Waals surface area contributed by atoms with E-state index in [1.54, 1.807) is 7.05 Å². The summed E-state index contributed by atoms with van der Waals surface area (Å²) in [7, 11) is 1.61. The van der Waals surface area contributed by atoms with E-state index in [0.29, 0.717) is 10.9 Å². The standard InChI is InChI=1S/C9H11N3S/c1-11-9(10)12-8(13)7-5-3-2-4-6-7/h2-6H,1H3,(H3,10,11,12,13). The molecule has 0 unspecified atom stereocenters. The van der Waals surface area contributed by atoms with Crippen LogP contribution in [0.3, 0.4) is 0 Å². The van der Waals surface area contributed by atoms with Gasteiger partial charge in [0.05, 0.1) is 0 Å². The van der Waals surface area contributed by atoms with Crippen LogP contribution in [0, 0.1) is 0 Å². The highest BCUT2D eigenvalue weighted by Crippen LogP contribution is 1.98. The number of nitrogens with one attached hydrogen (secondary N) is 1. The van der Waals surface area contributed by atoms with Gasteiger partial charge in [0, 0.05) is 12.6 Å². The summed E-state index contributed by atoms with van der Waals surface area (Å²) in [5, 5.41) is 2.81. The minimum atomic E-state index is 0.328. The lowest BCUT2D eigenvalue weighted by atomic mass is 10.2. The lowest BCUT2D eigenvalue weighted by Crippen LogP contribution is -2.35. The van der Waals surface area contributed by atoms with Crippen molar-refractivity contribution >= 4 is 23.2 Å². The zero-order valence-electron chi connectivity index (χ0n) is 7.32. The molecule has 0 aliphatic rings. The molecular weight excluding hydrogens is 182 g/mol. The normalized spacial score (nSPS) is 11.0. The molecule has 4 heteroatoms. The molecule has 0 spiro atoms. The molecule has 1 aromatic rings. The van der Waals surface area contributed by atoms with Crippen LogP contribution in [-0.4, -0.2) is 18.0 Å². The molecular formula is C9H11N3S. The van der Waals surface area contributed by atoms with E-state index in [-0.39, 0.29) is 0 Å². The predicted molar refractivity (Wildman–Crippen MR) is 58.8 cm³/mol. The van der Waals surface area contributed by atoms with Crippen LogP contribution in [-0.2, 0) is 0 Å². The summed E-state index contributed by atoms with van der Waals surface area (Å²) < 4.78 is 0. The van der Waals surface area contributed by atoms with Crippen molar-refractivity contribution in [2.24, 2.45) is 10.7 Å². The van der Waals surface area contributed by atoms with Crippen molar-refractivity contribution in [3.63, 3.8) is 0 Å². The first-order chi connectivity index (χ1) is 6.24. The average molecular weight is 193 g/mol. The smallest absolute Gasteiger partial charge is 0.193 e. The summed E-state index contributed by atoms with van der Waals surface area (Å²) in [6.45, 7) is 0. The van der Waals surface area contributed by atoms with Gasteiger partial charge in [-0.05, 0) is 0 Å². The second kappa shape index (κ2) is 4.57. The molecule has 0 aliphatic carbocycles. The van der Waals surface area contributed by atoms with Crippen LogP contribution in [0.4, 0.5) is 0 Å². The fourth-order valence-corrected chi connectivity index (χ4v) is 1.07. The quantitative estimate of drug-likeness (QED) is 0.396. The van der Waals surface area contributed by atoms with Crippen molar-refractivity contribution < 1.29 is 0 Å². The van der Waals surface area contributed by atoms with Crippen molar-refractivity contribution in [2.45, 2.75) is 0 Å². The zero-order chi connectivity index (χ0) is 9.68. The first kappa shape index (κ1) is 9.67. The van der Waals surface area contributed by atoms with Crippen LogP contribution in [0.5, 0.6) is 0 Å². The Morgan fingerprint density at radius 1 is 1.38 bits per heavy atom. The van der Waals surface area contributed by atoms with E-state index < -0.39 is 0 Å². The maximum atomic E-state index is 5.46. The second-order valence-corrected chi connectivity index (χ2v) is 2.84. The Balaban J connectivity index is 2.70. The van der Waals surface area contributed by atoms with Gasteiger partial charge in [-0.1, -0.05) is 42.5 Å². The van der Waals surface area contributed by atoms with Gasteiger partial charge in [0.15, 0.2) is 5.96 Å². The average Bonchev–Trinajstić information content (AvgIpc) is 2.19. The van der Waals surface area contributed by atoms with Crippen LogP contribution in [0.1, 0.15) is 5.56 Å². The van der Waals surface area contributed by atoms with Gasteiger partial charge in [-0.25, -0.2) is 0 Å². The Morgan fingerprint density at radius 2 is 2.00 bits per heavy atom. The summed E-state index contributed by atoms with van der Waals surface area (Å²) in [5.41, 5.74) is 6.40. The molecule has 0 saturated heterocycles. The molecule has 68 valence electrons. The maximum Gasteiger partial charge on any atom is 0.193 e. The van der Waals surface area contributed by atoms with E-state index >= 15 is 0 Å². The van der Waals surface area contributed by atoms with E-state index in [1.165, 1.54) is 0 Å². The van der Waals surface area contributed by atoms with Gasteiger partial charge >= 0.3 is 0 Å². The number of nitrogens with zero attached hydrogens (tertiary/aromatic N) is 1. The number of thiocarbonyl (C=S) groups is 1. The minimum absolute atomic E-state index is 0.328. The molecule has 1 aromatic carbocycles. The van der Waals surface area contributed by atoms with Crippen LogP contribution in [0.2, 0.25) is 0 Å². The summed E-state index contributed by atoms with van der Waals surface area (Å²) in [5.74, 6) is 0.328. The topological polar surface area (TPSA) is 50.4 Å². The molecule has 0 fully saturated rings. The molecule has 0 atom stereocenters. The van der Waals surface area contributed by atoms with Gasteiger partial charge in [0.2, 0.25) is 0 Å². The Kier molecular flexibility index (Phi) is 3.40. The molecule has 3 nitrogen and oxygen atoms in total. The van der Waals surface area contributed by atoms with Gasteiger partial charge in [-0.3, -0.25) is 4.99 Å². The van der Waals surface area contributed by atoms with Crippen molar-refractivity contribution in [3.8, 4) is 0 Å². The molecule has 0 heterocycles. The predicted octanol–water partition coefficient (Wildman–Crippen LogP) is 0.896. The Morgan fingerprint density at radius 3 is 2.54 bits per heavy atom. The zero-order valence-corrected chi connectivity index (χ0v) is 8.14. The van der Waals surface area contributed by atoms with E-state index in [4.69, 9.17) is 18.0 Å². The largest absolute Gasteiger partial charge is 0.370 e. The van der Waals surface area contributed by atoms with Crippen molar-refractivity contribution in [2.75, 3.05) is 7.05 Å². The fourth-order valence-electron chi connectivity index (χ4n) is 0.834. The van der Waals surface area contributed by atoms with Crippen molar-refractivity contribution in [3.05, 3.63) is 35.9 Å². The monoisotopic (exact) mass is 193 g/mol. The first-order valence-corrected chi connectivity index (χ1v) is 4.23. The summed E-state index contributed by atoms with van der Waals surface area (Å²) in [6, 6.07) is 9.60. The van der Waals surface area contributed by atoms with Crippen LogP contribution in [0.15, 0.2) is 35.3 Å². The van der Waals surface area contributed by atoms with Crippen LogP contribution in [0.25, 0.3) is 0 Å². The number of hydrogen-bond donors (Lipinski definition) is 2. The number of benzene rings is 1. The van der Waals surface area contributed by atoms with Crippen LogP contribution < -0.4 is 11.1 Å². The number of guanidine groups is 1. The lowest BCUT2D eigenvalue weighted by Gasteiger charge is -2.05. The summed E-state index contributed by atoms with van der Waals surface area (Å²) in [6.07, 6.45) is 0. The number of hydrogen-bond acceptors (Lipinski definition) is 2. The fraction of sp³-hybridized carbons (Fsp3) is 0.111. The molecule has 3 N–H and O–H groups in total. The lowest BCUT2D eigenvalue weighted by molar-refractivity contribution is 1.26. The van der Waals surface area contributed by atoms with Gasteiger partial charge in [0.25, 0.3) is 0 Å². The van der Waals surface area contributed by atoms with E-state index in [0.717, 1.165) is 5.56 Å².